The van der Waals surface area contributed by atoms with E-state index in [1.165, 1.54) is 0 Å². The highest BCUT2D eigenvalue weighted by molar-refractivity contribution is 5.21. The number of piperidine rings is 1. The third-order valence-corrected chi connectivity index (χ3v) is 3.69. The van der Waals surface area contributed by atoms with E-state index in [2.05, 4.69) is 20.6 Å². The molecule has 2 aliphatic heterocycles. The number of hydrogen-bond acceptors (Lipinski definition) is 4. The lowest BCUT2D eigenvalue weighted by Crippen LogP contribution is -2.34. The monoisotopic (exact) mass is 234 g/mol. The first-order valence-electron chi connectivity index (χ1n) is 6.38. The second-order valence-corrected chi connectivity index (χ2v) is 4.83. The van der Waals surface area contributed by atoms with Gasteiger partial charge in [-0.15, -0.1) is 0 Å². The Kier molecular flexibility index (Phi) is 2.94. The molecule has 1 aromatic rings. The van der Waals surface area contributed by atoms with Gasteiger partial charge in [0.05, 0.1) is 11.3 Å². The van der Waals surface area contributed by atoms with Crippen molar-refractivity contribution in [3.8, 4) is 0 Å². The van der Waals surface area contributed by atoms with Crippen LogP contribution in [0.1, 0.15) is 35.8 Å². The first-order valence-corrected chi connectivity index (χ1v) is 6.38. The second kappa shape index (κ2) is 4.58. The predicted octanol–water partition coefficient (Wildman–Crippen LogP) is -0.117. The Bertz CT molecular complexity index is 462. The number of nitrogens with zero attached hydrogens (tertiary/aromatic N) is 1. The average Bonchev–Trinajstić information content (AvgIpc) is 2.40. The molecule has 92 valence electrons. The minimum Gasteiger partial charge on any atom is -0.317 e. The molecule has 3 heterocycles. The van der Waals surface area contributed by atoms with Gasteiger partial charge in [0, 0.05) is 25.4 Å². The van der Waals surface area contributed by atoms with Gasteiger partial charge in [-0.2, -0.15) is 0 Å². The Morgan fingerprint density at radius 2 is 1.94 bits per heavy atom. The standard InChI is InChI=1S/C12H18N4O/c17-12-9-7-14-6-3-10(9)15-11(16-12)8-1-4-13-5-2-8/h8,13-14H,1-7H2,(H,15,16,17). The lowest BCUT2D eigenvalue weighted by molar-refractivity contribution is 0.441. The van der Waals surface area contributed by atoms with Crippen molar-refractivity contribution in [3.63, 3.8) is 0 Å². The predicted molar refractivity (Wildman–Crippen MR) is 65.1 cm³/mol. The van der Waals surface area contributed by atoms with Gasteiger partial charge >= 0.3 is 0 Å². The quantitative estimate of drug-likeness (QED) is 0.634. The zero-order valence-corrected chi connectivity index (χ0v) is 9.88. The molecule has 1 saturated heterocycles. The minimum absolute atomic E-state index is 0.0516. The van der Waals surface area contributed by atoms with Crippen LogP contribution in [0.5, 0.6) is 0 Å². The molecule has 0 radical (unpaired) electrons. The molecule has 0 aliphatic carbocycles. The van der Waals surface area contributed by atoms with Crippen LogP contribution >= 0.6 is 0 Å². The molecule has 0 bridgehead atoms. The smallest absolute Gasteiger partial charge is 0.255 e. The largest absolute Gasteiger partial charge is 0.317 e. The highest BCUT2D eigenvalue weighted by atomic mass is 16.1. The SMILES string of the molecule is O=c1[nH]c(C2CCNCC2)nc2c1CNCC2. The van der Waals surface area contributed by atoms with Gasteiger partial charge in [-0.25, -0.2) is 4.98 Å². The van der Waals surface area contributed by atoms with Gasteiger partial charge in [0.1, 0.15) is 5.82 Å². The van der Waals surface area contributed by atoms with Crippen LogP contribution < -0.4 is 16.2 Å². The van der Waals surface area contributed by atoms with Crippen LogP contribution in [0.3, 0.4) is 0 Å². The summed E-state index contributed by atoms with van der Waals surface area (Å²) in [5.74, 6) is 1.32. The van der Waals surface area contributed by atoms with E-state index in [0.29, 0.717) is 12.5 Å². The van der Waals surface area contributed by atoms with Crippen LogP contribution in [0, 0.1) is 0 Å². The topological polar surface area (TPSA) is 69.8 Å². The summed E-state index contributed by atoms with van der Waals surface area (Å²) < 4.78 is 0. The van der Waals surface area contributed by atoms with E-state index in [4.69, 9.17) is 0 Å². The van der Waals surface area contributed by atoms with Crippen molar-refractivity contribution in [1.29, 1.82) is 0 Å². The summed E-state index contributed by atoms with van der Waals surface area (Å²) in [7, 11) is 0. The molecule has 0 amide bonds. The fourth-order valence-corrected chi connectivity index (χ4v) is 2.66. The number of fused-ring (bicyclic) bond motifs is 1. The molecule has 0 atom stereocenters. The summed E-state index contributed by atoms with van der Waals surface area (Å²) in [6, 6.07) is 0. The van der Waals surface area contributed by atoms with Crippen molar-refractivity contribution in [2.45, 2.75) is 31.7 Å². The highest BCUT2D eigenvalue weighted by Gasteiger charge is 2.21. The maximum absolute atomic E-state index is 12.0. The van der Waals surface area contributed by atoms with Gasteiger partial charge in [0.2, 0.25) is 0 Å². The lowest BCUT2D eigenvalue weighted by Gasteiger charge is -2.23. The molecule has 1 fully saturated rings. The Morgan fingerprint density at radius 3 is 2.76 bits per heavy atom. The van der Waals surface area contributed by atoms with Crippen LogP contribution in [0.15, 0.2) is 4.79 Å². The van der Waals surface area contributed by atoms with Crippen molar-refractivity contribution in [2.75, 3.05) is 19.6 Å². The highest BCUT2D eigenvalue weighted by Crippen LogP contribution is 2.22. The Balaban J connectivity index is 1.95. The molecule has 1 aromatic heterocycles. The number of aromatic nitrogens is 2. The summed E-state index contributed by atoms with van der Waals surface area (Å²) in [6.45, 7) is 3.62. The fourth-order valence-electron chi connectivity index (χ4n) is 2.66. The van der Waals surface area contributed by atoms with E-state index < -0.39 is 0 Å². The Labute approximate surface area is 100 Å². The number of nitrogens with one attached hydrogen (secondary N) is 3. The molecule has 3 rings (SSSR count). The van der Waals surface area contributed by atoms with E-state index >= 15 is 0 Å². The number of hydrogen-bond donors (Lipinski definition) is 3. The molecule has 5 nitrogen and oxygen atoms in total. The van der Waals surface area contributed by atoms with Crippen LogP contribution in [-0.4, -0.2) is 29.6 Å². The van der Waals surface area contributed by atoms with Crippen molar-refractivity contribution in [1.82, 2.24) is 20.6 Å². The van der Waals surface area contributed by atoms with Gasteiger partial charge in [0.25, 0.3) is 5.56 Å². The molecular formula is C12H18N4O. The van der Waals surface area contributed by atoms with Crippen molar-refractivity contribution < 1.29 is 0 Å². The molecule has 0 saturated carbocycles. The van der Waals surface area contributed by atoms with Crippen molar-refractivity contribution >= 4 is 0 Å². The van der Waals surface area contributed by atoms with Gasteiger partial charge < -0.3 is 15.6 Å². The van der Waals surface area contributed by atoms with Crippen LogP contribution in [0.4, 0.5) is 0 Å². The second-order valence-electron chi connectivity index (χ2n) is 4.83. The molecule has 0 spiro atoms. The van der Waals surface area contributed by atoms with Gasteiger partial charge in [-0.05, 0) is 25.9 Å². The number of aromatic amines is 1. The molecule has 0 aromatic carbocycles. The Hall–Kier alpha value is -1.20. The summed E-state index contributed by atoms with van der Waals surface area (Å²) in [5.41, 5.74) is 1.88. The van der Waals surface area contributed by atoms with Gasteiger partial charge in [-0.1, -0.05) is 0 Å². The van der Waals surface area contributed by atoms with Crippen molar-refractivity contribution in [2.24, 2.45) is 0 Å². The molecule has 17 heavy (non-hydrogen) atoms. The minimum atomic E-state index is 0.0516. The molecule has 3 N–H and O–H groups in total. The number of H-pyrrole nitrogens is 1. The van der Waals surface area contributed by atoms with Crippen LogP contribution in [0.2, 0.25) is 0 Å². The summed E-state index contributed by atoms with van der Waals surface area (Å²) in [6.07, 6.45) is 3.01. The van der Waals surface area contributed by atoms with E-state index in [1.54, 1.807) is 0 Å². The normalized spacial score (nSPS) is 21.2. The zero-order valence-electron chi connectivity index (χ0n) is 9.88. The van der Waals surface area contributed by atoms with Gasteiger partial charge in [0.15, 0.2) is 0 Å². The van der Waals surface area contributed by atoms with Crippen LogP contribution in [-0.2, 0) is 13.0 Å². The van der Waals surface area contributed by atoms with E-state index in [0.717, 1.165) is 56.0 Å². The van der Waals surface area contributed by atoms with E-state index in [-0.39, 0.29) is 5.56 Å². The third-order valence-electron chi connectivity index (χ3n) is 3.69. The fraction of sp³-hybridized carbons (Fsp3) is 0.667. The molecule has 0 unspecified atom stereocenters. The van der Waals surface area contributed by atoms with E-state index in [1.807, 2.05) is 0 Å². The lowest BCUT2D eigenvalue weighted by atomic mass is 9.96. The van der Waals surface area contributed by atoms with Crippen LogP contribution in [0.25, 0.3) is 0 Å². The Morgan fingerprint density at radius 1 is 1.12 bits per heavy atom. The number of rotatable bonds is 1. The van der Waals surface area contributed by atoms with Gasteiger partial charge in [-0.3, -0.25) is 4.79 Å². The third kappa shape index (κ3) is 2.12. The molecular weight excluding hydrogens is 216 g/mol. The molecule has 5 heteroatoms. The maximum Gasteiger partial charge on any atom is 0.255 e. The van der Waals surface area contributed by atoms with Crippen molar-refractivity contribution in [3.05, 3.63) is 27.4 Å². The zero-order chi connectivity index (χ0) is 11.7. The summed E-state index contributed by atoms with van der Waals surface area (Å²) in [4.78, 5) is 19.6. The first-order chi connectivity index (χ1) is 8.34. The molecule has 2 aliphatic rings. The first kappa shape index (κ1) is 10.9. The maximum atomic E-state index is 12.0. The average molecular weight is 234 g/mol. The summed E-state index contributed by atoms with van der Waals surface area (Å²) >= 11 is 0. The van der Waals surface area contributed by atoms with E-state index in [9.17, 15) is 4.79 Å². The summed E-state index contributed by atoms with van der Waals surface area (Å²) in [5, 5.41) is 6.54.